The zero-order valence-corrected chi connectivity index (χ0v) is 19.3. The Kier molecular flexibility index (Phi) is 5.85. The average molecular weight is 464 g/mol. The quantitative estimate of drug-likeness (QED) is 0.610. The van der Waals surface area contributed by atoms with Gasteiger partial charge in [-0.3, -0.25) is 14.9 Å². The summed E-state index contributed by atoms with van der Waals surface area (Å²) in [6.45, 7) is 2.72. The van der Waals surface area contributed by atoms with Crippen LogP contribution in [0.3, 0.4) is 0 Å². The van der Waals surface area contributed by atoms with Crippen LogP contribution in [0.25, 0.3) is 11.1 Å². The molecule has 1 aromatic heterocycles. The summed E-state index contributed by atoms with van der Waals surface area (Å²) in [6, 6.07) is 11.7. The summed E-state index contributed by atoms with van der Waals surface area (Å²) in [7, 11) is 1.60. The standard InChI is InChI=1S/C25H29N5O4/c1-34-21-16-18(8-10-26-21)17-3-2-4-20(15-17)29-11-13-30(14-12-29)22(31)7-9-25(19-5-6-19)23(32)27-24(33)28-25/h2-4,8,10,15-16,19H,5-7,9,11-14H2,1H3,(H2,27,28,32,33). The summed E-state index contributed by atoms with van der Waals surface area (Å²) in [5, 5.41) is 5.15. The van der Waals surface area contributed by atoms with Crippen LogP contribution in [0.1, 0.15) is 25.7 Å². The van der Waals surface area contributed by atoms with E-state index in [0.29, 0.717) is 25.4 Å². The van der Waals surface area contributed by atoms with Gasteiger partial charge in [0.25, 0.3) is 5.91 Å². The van der Waals surface area contributed by atoms with E-state index in [1.807, 2.05) is 23.1 Å². The molecule has 1 aromatic carbocycles. The van der Waals surface area contributed by atoms with Gasteiger partial charge in [-0.15, -0.1) is 0 Å². The van der Waals surface area contributed by atoms with Crippen molar-refractivity contribution in [2.75, 3.05) is 38.2 Å². The summed E-state index contributed by atoms with van der Waals surface area (Å²) in [5.41, 5.74) is 2.32. The molecule has 3 heterocycles. The van der Waals surface area contributed by atoms with Gasteiger partial charge in [0.05, 0.1) is 7.11 Å². The predicted molar refractivity (Wildman–Crippen MR) is 126 cm³/mol. The number of ether oxygens (including phenoxy) is 1. The van der Waals surface area contributed by atoms with E-state index in [0.717, 1.165) is 42.7 Å². The Morgan fingerprint density at radius 3 is 2.56 bits per heavy atom. The number of anilines is 1. The molecule has 1 unspecified atom stereocenters. The van der Waals surface area contributed by atoms with Gasteiger partial charge >= 0.3 is 6.03 Å². The highest BCUT2D eigenvalue weighted by molar-refractivity contribution is 6.07. The predicted octanol–water partition coefficient (Wildman–Crippen LogP) is 2.17. The maximum Gasteiger partial charge on any atom is 0.322 e. The van der Waals surface area contributed by atoms with Gasteiger partial charge in [0.2, 0.25) is 11.8 Å². The Bertz CT molecular complexity index is 1110. The van der Waals surface area contributed by atoms with Gasteiger partial charge < -0.3 is 19.9 Å². The summed E-state index contributed by atoms with van der Waals surface area (Å²) in [4.78, 5) is 45.4. The molecule has 34 heavy (non-hydrogen) atoms. The van der Waals surface area contributed by atoms with E-state index >= 15 is 0 Å². The Morgan fingerprint density at radius 1 is 1.12 bits per heavy atom. The van der Waals surface area contributed by atoms with Gasteiger partial charge in [0.1, 0.15) is 5.54 Å². The van der Waals surface area contributed by atoms with Crippen LogP contribution < -0.4 is 20.3 Å². The molecule has 2 aromatic rings. The van der Waals surface area contributed by atoms with Crippen molar-refractivity contribution in [3.05, 3.63) is 42.6 Å². The Morgan fingerprint density at radius 2 is 1.88 bits per heavy atom. The van der Waals surface area contributed by atoms with Crippen molar-refractivity contribution < 1.29 is 19.1 Å². The van der Waals surface area contributed by atoms with E-state index in [1.54, 1.807) is 13.3 Å². The number of pyridine rings is 1. The van der Waals surface area contributed by atoms with Gasteiger partial charge in [-0.1, -0.05) is 12.1 Å². The number of imide groups is 1. The molecule has 2 aliphatic heterocycles. The largest absolute Gasteiger partial charge is 0.481 e. The molecule has 3 aliphatic rings. The number of carbonyl (C=O) groups is 3. The first-order valence-corrected chi connectivity index (χ1v) is 11.8. The minimum atomic E-state index is -0.912. The molecular formula is C25H29N5O4. The van der Waals surface area contributed by atoms with Gasteiger partial charge in [0.15, 0.2) is 0 Å². The van der Waals surface area contributed by atoms with Crippen LogP contribution in [0.4, 0.5) is 10.5 Å². The number of nitrogens with zero attached hydrogens (tertiary/aromatic N) is 3. The lowest BCUT2D eigenvalue weighted by Gasteiger charge is -2.37. The maximum atomic E-state index is 12.9. The third-order valence-electron chi connectivity index (χ3n) is 7.10. The first-order chi connectivity index (χ1) is 16.5. The molecule has 2 N–H and O–H groups in total. The van der Waals surface area contributed by atoms with Crippen LogP contribution in [0.5, 0.6) is 5.88 Å². The third-order valence-corrected chi connectivity index (χ3v) is 7.10. The molecule has 0 spiro atoms. The smallest absolute Gasteiger partial charge is 0.322 e. The Balaban J connectivity index is 1.18. The van der Waals surface area contributed by atoms with Crippen LogP contribution in [-0.2, 0) is 9.59 Å². The van der Waals surface area contributed by atoms with Crippen molar-refractivity contribution in [3.8, 4) is 17.0 Å². The van der Waals surface area contributed by atoms with Crippen LogP contribution in [-0.4, -0.2) is 66.6 Å². The minimum Gasteiger partial charge on any atom is -0.481 e. The Hall–Kier alpha value is -3.62. The SMILES string of the molecule is COc1cc(-c2cccc(N3CCN(C(=O)CCC4(C5CC5)NC(=O)NC4=O)CC3)c2)ccn1. The number of benzene rings is 1. The van der Waals surface area contributed by atoms with Crippen molar-refractivity contribution in [2.45, 2.75) is 31.2 Å². The number of methoxy groups -OCH3 is 1. The molecule has 4 amide bonds. The lowest BCUT2D eigenvalue weighted by molar-refractivity contribution is -0.132. The van der Waals surface area contributed by atoms with Gasteiger partial charge in [-0.25, -0.2) is 9.78 Å². The Labute approximate surface area is 198 Å². The molecule has 1 aliphatic carbocycles. The monoisotopic (exact) mass is 463 g/mol. The number of hydrogen-bond acceptors (Lipinski definition) is 6. The van der Waals surface area contributed by atoms with Gasteiger partial charge in [-0.05, 0) is 54.5 Å². The normalized spacial score (nSPS) is 22.4. The summed E-state index contributed by atoms with van der Waals surface area (Å²) in [5.74, 6) is 0.458. The number of carbonyl (C=O) groups excluding carboxylic acids is 3. The van der Waals surface area contributed by atoms with Crippen LogP contribution in [0, 0.1) is 5.92 Å². The second-order valence-electron chi connectivity index (χ2n) is 9.16. The molecule has 9 nitrogen and oxygen atoms in total. The second-order valence-corrected chi connectivity index (χ2v) is 9.16. The van der Waals surface area contributed by atoms with Crippen molar-refractivity contribution in [3.63, 3.8) is 0 Å². The lowest BCUT2D eigenvalue weighted by atomic mass is 9.87. The molecule has 1 atom stereocenters. The minimum absolute atomic E-state index is 0.0336. The second kappa shape index (κ2) is 8.96. The fourth-order valence-corrected chi connectivity index (χ4v) is 5.01. The molecular weight excluding hydrogens is 434 g/mol. The first kappa shape index (κ1) is 22.2. The number of amides is 4. The highest BCUT2D eigenvalue weighted by Gasteiger charge is 2.55. The molecule has 178 valence electrons. The van der Waals surface area contributed by atoms with Crippen molar-refractivity contribution in [2.24, 2.45) is 5.92 Å². The molecule has 9 heteroatoms. The van der Waals surface area contributed by atoms with Crippen LogP contribution in [0.15, 0.2) is 42.6 Å². The number of hydrogen-bond donors (Lipinski definition) is 2. The number of nitrogens with one attached hydrogen (secondary N) is 2. The van der Waals surface area contributed by atoms with Crippen LogP contribution >= 0.6 is 0 Å². The van der Waals surface area contributed by atoms with Crippen molar-refractivity contribution >= 4 is 23.5 Å². The highest BCUT2D eigenvalue weighted by atomic mass is 16.5. The fourth-order valence-electron chi connectivity index (χ4n) is 5.01. The summed E-state index contributed by atoms with van der Waals surface area (Å²) >= 11 is 0. The molecule has 5 rings (SSSR count). The highest BCUT2D eigenvalue weighted by Crippen LogP contribution is 2.43. The van der Waals surface area contributed by atoms with E-state index in [9.17, 15) is 14.4 Å². The van der Waals surface area contributed by atoms with Crippen LogP contribution in [0.2, 0.25) is 0 Å². The van der Waals surface area contributed by atoms with E-state index < -0.39 is 11.6 Å². The number of aromatic nitrogens is 1. The number of piperazine rings is 1. The molecule has 0 radical (unpaired) electrons. The zero-order valence-electron chi connectivity index (χ0n) is 19.3. The topological polar surface area (TPSA) is 104 Å². The fraction of sp³-hybridized carbons (Fsp3) is 0.440. The van der Waals surface area contributed by atoms with E-state index in [2.05, 4.69) is 38.7 Å². The molecule has 1 saturated carbocycles. The third kappa shape index (κ3) is 4.30. The lowest BCUT2D eigenvalue weighted by Crippen LogP contribution is -2.51. The van der Waals surface area contributed by atoms with E-state index in [1.165, 1.54) is 0 Å². The van der Waals surface area contributed by atoms with Gasteiger partial charge in [0, 0.05) is 50.6 Å². The van der Waals surface area contributed by atoms with Crippen molar-refractivity contribution in [1.29, 1.82) is 0 Å². The number of rotatable bonds is 7. The average Bonchev–Trinajstić information content (AvgIpc) is 3.68. The first-order valence-electron chi connectivity index (χ1n) is 11.8. The van der Waals surface area contributed by atoms with E-state index in [-0.39, 0.29) is 24.2 Å². The van der Waals surface area contributed by atoms with Crippen molar-refractivity contribution in [1.82, 2.24) is 20.5 Å². The molecule has 3 fully saturated rings. The molecule has 0 bridgehead atoms. The number of urea groups is 1. The van der Waals surface area contributed by atoms with Gasteiger partial charge in [-0.2, -0.15) is 0 Å². The summed E-state index contributed by atoms with van der Waals surface area (Å²) < 4.78 is 5.24. The summed E-state index contributed by atoms with van der Waals surface area (Å²) in [6.07, 6.45) is 4.16. The maximum absolute atomic E-state index is 12.9. The molecule has 2 saturated heterocycles. The van der Waals surface area contributed by atoms with E-state index in [4.69, 9.17) is 4.74 Å². The zero-order chi connectivity index (χ0) is 23.7.